The molecular weight excluding hydrogens is 590 g/mol. The molecule has 6 bridgehead atoms. The summed E-state index contributed by atoms with van der Waals surface area (Å²) in [6.45, 7) is 9.79. The number of ether oxygens (including phenoxy) is 2. The second-order valence-electron chi connectivity index (χ2n) is 12.9. The largest absolute Gasteiger partial charge is 0.464 e. The summed E-state index contributed by atoms with van der Waals surface area (Å²) in [6, 6.07) is 6.76. The molecule has 3 aromatic heterocycles. The van der Waals surface area contributed by atoms with Gasteiger partial charge in [0.15, 0.2) is 0 Å². The lowest BCUT2D eigenvalue weighted by Crippen LogP contribution is -2.59. The van der Waals surface area contributed by atoms with E-state index in [0.29, 0.717) is 32.2 Å². The molecule has 3 aliphatic rings. The van der Waals surface area contributed by atoms with Gasteiger partial charge in [0.05, 0.1) is 51.9 Å². The highest BCUT2D eigenvalue weighted by atomic mass is 32.2. The monoisotopic (exact) mass is 633 g/mol. The van der Waals surface area contributed by atoms with Crippen LogP contribution in [0.3, 0.4) is 0 Å². The van der Waals surface area contributed by atoms with Crippen molar-refractivity contribution in [1.82, 2.24) is 25.0 Å². The third kappa shape index (κ3) is 6.25. The molecule has 6 rings (SSSR count). The molecule has 12 heteroatoms. The molecule has 3 aliphatic heterocycles. The number of hydrogen-bond donors (Lipinski definition) is 2. The second kappa shape index (κ2) is 12.8. The predicted octanol–water partition coefficient (Wildman–Crippen LogP) is 4.35. The Morgan fingerprint density at radius 3 is 2.87 bits per heavy atom. The number of carbonyl (C=O) groups excluding carboxylic acids is 2. The molecule has 3 aromatic rings. The number of hydrogen-bond acceptors (Lipinski definition) is 10. The van der Waals surface area contributed by atoms with Gasteiger partial charge in [-0.05, 0) is 57.4 Å². The Labute approximate surface area is 268 Å². The van der Waals surface area contributed by atoms with Gasteiger partial charge in [-0.25, -0.2) is 10.4 Å². The number of aryl methyl sites for hydroxylation is 1. The van der Waals surface area contributed by atoms with E-state index in [4.69, 9.17) is 30.2 Å². The van der Waals surface area contributed by atoms with Crippen molar-refractivity contribution >= 4 is 39.7 Å². The predicted molar refractivity (Wildman–Crippen MR) is 176 cm³/mol. The van der Waals surface area contributed by atoms with Crippen LogP contribution in [0.25, 0.3) is 22.3 Å². The summed E-state index contributed by atoms with van der Waals surface area (Å²) in [7, 11) is 1.70. The van der Waals surface area contributed by atoms with Crippen molar-refractivity contribution in [2.24, 2.45) is 16.1 Å². The summed E-state index contributed by atoms with van der Waals surface area (Å²) in [5, 5.41) is 2.33. The van der Waals surface area contributed by atoms with Crippen LogP contribution in [-0.2, 0) is 32.0 Å². The average Bonchev–Trinajstić information content (AvgIpc) is 3.64. The van der Waals surface area contributed by atoms with Crippen LogP contribution in [0, 0.1) is 5.41 Å². The van der Waals surface area contributed by atoms with Crippen molar-refractivity contribution in [2.45, 2.75) is 84.2 Å². The van der Waals surface area contributed by atoms with E-state index in [1.54, 1.807) is 25.1 Å². The van der Waals surface area contributed by atoms with Gasteiger partial charge in [-0.2, -0.15) is 0 Å². The molecule has 45 heavy (non-hydrogen) atoms. The fourth-order valence-corrected chi connectivity index (χ4v) is 7.61. The summed E-state index contributed by atoms with van der Waals surface area (Å²) < 4.78 is 14.0. The van der Waals surface area contributed by atoms with Crippen molar-refractivity contribution in [2.75, 3.05) is 26.0 Å². The molecule has 6 heterocycles. The van der Waals surface area contributed by atoms with Crippen LogP contribution in [0.15, 0.2) is 35.5 Å². The van der Waals surface area contributed by atoms with Gasteiger partial charge in [0.25, 0.3) is 5.91 Å². The number of aliphatic imine (C=N–C) groups is 1. The van der Waals surface area contributed by atoms with E-state index in [-0.39, 0.29) is 30.6 Å². The number of nitrogens with two attached hydrogens (primary N) is 1. The maximum atomic E-state index is 13.3. The number of amides is 1. The van der Waals surface area contributed by atoms with Gasteiger partial charge in [0, 0.05) is 55.1 Å². The zero-order valence-corrected chi connectivity index (χ0v) is 27.5. The Hall–Kier alpha value is -3.32. The van der Waals surface area contributed by atoms with Crippen molar-refractivity contribution in [1.29, 1.82) is 0 Å². The van der Waals surface area contributed by atoms with E-state index < -0.39 is 17.5 Å². The van der Waals surface area contributed by atoms with Gasteiger partial charge in [0.1, 0.15) is 12.1 Å². The van der Waals surface area contributed by atoms with Crippen LogP contribution in [0.2, 0.25) is 0 Å². The minimum Gasteiger partial charge on any atom is -0.464 e. The molecule has 0 saturated carbocycles. The number of rotatable bonds is 4. The highest BCUT2D eigenvalue weighted by Crippen LogP contribution is 2.41. The van der Waals surface area contributed by atoms with Crippen molar-refractivity contribution in [3.05, 3.63) is 47.4 Å². The van der Waals surface area contributed by atoms with Crippen LogP contribution in [0.1, 0.15) is 76.1 Å². The number of esters is 1. The van der Waals surface area contributed by atoms with Crippen LogP contribution in [0.4, 0.5) is 0 Å². The van der Waals surface area contributed by atoms with Crippen LogP contribution >= 0.6 is 11.8 Å². The Bertz CT molecular complexity index is 1640. The summed E-state index contributed by atoms with van der Waals surface area (Å²) in [6.07, 6.45) is 3.81. The van der Waals surface area contributed by atoms with Crippen LogP contribution in [-0.4, -0.2) is 74.6 Å². The zero-order valence-electron chi connectivity index (χ0n) is 26.7. The molecule has 0 spiro atoms. The Morgan fingerprint density at radius 1 is 1.27 bits per heavy atom. The highest BCUT2D eigenvalue weighted by Gasteiger charge is 2.35. The van der Waals surface area contributed by atoms with E-state index in [2.05, 4.69) is 49.0 Å². The molecule has 0 aliphatic carbocycles. The summed E-state index contributed by atoms with van der Waals surface area (Å²) in [5.41, 5.74) is 15.9. The van der Waals surface area contributed by atoms with Crippen molar-refractivity contribution in [3.8, 4) is 11.3 Å². The first-order chi connectivity index (χ1) is 21.6. The topological polar surface area (TPSA) is 137 Å². The third-order valence-electron chi connectivity index (χ3n) is 8.93. The number of hydrazine groups is 1. The minimum absolute atomic E-state index is 0.134. The molecule has 1 unspecified atom stereocenters. The molecule has 0 radical (unpaired) electrons. The SMILES string of the molecule is CCn1c(-c2cccnc2[C@H](C)OC)c2c3nc(ccc31)C1CSC(=N1)C[C@H](N)C(=O)N1CCC[C@H](N1)C(=O)OCC(C)(C)C2. The number of thioether (sulfide) groups is 1. The quantitative estimate of drug-likeness (QED) is 0.402. The van der Waals surface area contributed by atoms with Gasteiger partial charge < -0.3 is 19.8 Å². The molecule has 240 valence electrons. The Kier molecular flexibility index (Phi) is 9.02. The molecule has 1 amide bonds. The molecule has 1 saturated heterocycles. The lowest BCUT2D eigenvalue weighted by atomic mass is 9.85. The van der Waals surface area contributed by atoms with Gasteiger partial charge >= 0.3 is 5.97 Å². The van der Waals surface area contributed by atoms with Gasteiger partial charge in [-0.3, -0.25) is 24.6 Å². The molecule has 0 aromatic carbocycles. The van der Waals surface area contributed by atoms with E-state index in [1.165, 1.54) is 5.01 Å². The third-order valence-corrected chi connectivity index (χ3v) is 10.0. The number of cyclic esters (lactones) is 1. The number of carbonyl (C=O) groups is 2. The van der Waals surface area contributed by atoms with Crippen molar-refractivity contribution in [3.63, 3.8) is 0 Å². The highest BCUT2D eigenvalue weighted by molar-refractivity contribution is 8.14. The standard InChI is InChI=1S/C33H43N7O4S/c1-6-39-26-12-11-23-25-17-45-27(36-25)15-22(34)31(41)40-14-8-10-24(38-40)32(42)44-18-33(3,4)16-21(29(26)37-23)30(39)20-9-7-13-35-28(20)19(2)43-5/h7,9,11-13,19,22,24-25,38H,6,8,10,14-18,34H2,1-5H3/t19-,22-,24-,25?/m0/s1. The molecule has 3 N–H and O–H groups in total. The lowest BCUT2D eigenvalue weighted by molar-refractivity contribution is -0.154. The average molecular weight is 634 g/mol. The number of nitrogens with one attached hydrogen (secondary N) is 1. The number of pyridine rings is 2. The van der Waals surface area contributed by atoms with Crippen LogP contribution < -0.4 is 11.2 Å². The number of aromatic nitrogens is 3. The first kappa shape index (κ1) is 31.7. The maximum Gasteiger partial charge on any atom is 0.324 e. The summed E-state index contributed by atoms with van der Waals surface area (Å²) in [5.74, 6) is 0.131. The number of nitrogens with zero attached hydrogens (tertiary/aromatic N) is 5. The molecule has 4 atom stereocenters. The number of fused-ring (bicyclic) bond motifs is 5. The lowest BCUT2D eigenvalue weighted by Gasteiger charge is -2.34. The van der Waals surface area contributed by atoms with E-state index >= 15 is 0 Å². The van der Waals surface area contributed by atoms with Crippen LogP contribution in [0.5, 0.6) is 0 Å². The normalized spacial score (nSPS) is 24.7. The fraction of sp³-hybridized carbons (Fsp3) is 0.545. The smallest absolute Gasteiger partial charge is 0.324 e. The Balaban J connectivity index is 1.50. The molecule has 11 nitrogen and oxygen atoms in total. The fourth-order valence-electron chi connectivity index (χ4n) is 6.52. The maximum absolute atomic E-state index is 13.3. The molecule has 1 fully saturated rings. The molecular formula is C33H43N7O4S. The van der Waals surface area contributed by atoms with Gasteiger partial charge in [0.2, 0.25) is 0 Å². The first-order valence-corrected chi connectivity index (χ1v) is 16.8. The van der Waals surface area contributed by atoms with E-state index in [0.717, 1.165) is 56.6 Å². The zero-order chi connectivity index (χ0) is 31.9. The van der Waals surface area contributed by atoms with Gasteiger partial charge in [-0.1, -0.05) is 13.8 Å². The number of methoxy groups -OCH3 is 1. The van der Waals surface area contributed by atoms with Crippen molar-refractivity contribution < 1.29 is 19.1 Å². The summed E-state index contributed by atoms with van der Waals surface area (Å²) >= 11 is 1.63. The first-order valence-electron chi connectivity index (χ1n) is 15.8. The summed E-state index contributed by atoms with van der Waals surface area (Å²) in [4.78, 5) is 41.6. The van der Waals surface area contributed by atoms with E-state index in [1.807, 2.05) is 13.0 Å². The second-order valence-corrected chi connectivity index (χ2v) is 14.0. The minimum atomic E-state index is -0.763. The van der Waals surface area contributed by atoms with E-state index in [9.17, 15) is 9.59 Å². The van der Waals surface area contributed by atoms with Gasteiger partial charge in [-0.15, -0.1) is 11.8 Å². The Morgan fingerprint density at radius 2 is 2.09 bits per heavy atom.